The molecule has 1 aromatic carbocycles. The summed E-state index contributed by atoms with van der Waals surface area (Å²) in [6.07, 6.45) is 4.95. The zero-order chi connectivity index (χ0) is 16.0. The highest BCUT2D eigenvalue weighted by molar-refractivity contribution is 7.91. The second kappa shape index (κ2) is 7.26. The van der Waals surface area contributed by atoms with Crippen molar-refractivity contribution in [3.05, 3.63) is 35.9 Å². The van der Waals surface area contributed by atoms with Gasteiger partial charge in [0.05, 0.1) is 17.0 Å². The molecule has 1 aromatic rings. The summed E-state index contributed by atoms with van der Waals surface area (Å²) >= 11 is 0. The number of unbranched alkanes of at least 4 members (excludes halogenated alkanes) is 2. The smallest absolute Gasteiger partial charge is 0.250 e. The summed E-state index contributed by atoms with van der Waals surface area (Å²) in [5.41, 5.74) is 12.1. The molecular formula is C15H22N2O3S. The predicted molar refractivity (Wildman–Crippen MR) is 84.9 cm³/mol. The number of nitrogens with two attached hydrogens (primary N) is 2. The molecule has 6 heteroatoms. The number of benzene rings is 1. The van der Waals surface area contributed by atoms with Crippen molar-refractivity contribution in [3.8, 4) is 0 Å². The lowest BCUT2D eigenvalue weighted by Crippen LogP contribution is -2.20. The number of hydrogen-bond acceptors (Lipinski definition) is 4. The molecule has 0 unspecified atom stereocenters. The molecule has 0 aliphatic rings. The van der Waals surface area contributed by atoms with Gasteiger partial charge in [0.2, 0.25) is 5.91 Å². The van der Waals surface area contributed by atoms with E-state index in [9.17, 15) is 13.2 Å². The van der Waals surface area contributed by atoms with E-state index < -0.39 is 15.7 Å². The van der Waals surface area contributed by atoms with E-state index in [-0.39, 0.29) is 21.9 Å². The Morgan fingerprint density at radius 2 is 2.00 bits per heavy atom. The van der Waals surface area contributed by atoms with Crippen LogP contribution in [0.3, 0.4) is 0 Å². The van der Waals surface area contributed by atoms with E-state index in [2.05, 4.69) is 13.5 Å². The summed E-state index contributed by atoms with van der Waals surface area (Å²) < 4.78 is 24.6. The van der Waals surface area contributed by atoms with Gasteiger partial charge in [-0.1, -0.05) is 31.9 Å². The normalized spacial score (nSPS) is 11.3. The fourth-order valence-corrected chi connectivity index (χ4v) is 3.64. The van der Waals surface area contributed by atoms with Crippen molar-refractivity contribution < 1.29 is 13.2 Å². The second-order valence-electron chi connectivity index (χ2n) is 4.91. The van der Waals surface area contributed by atoms with Gasteiger partial charge in [-0.05, 0) is 24.5 Å². The Bertz CT molecular complexity index is 637. The van der Waals surface area contributed by atoms with Gasteiger partial charge in [-0.2, -0.15) is 0 Å². The Morgan fingerprint density at radius 1 is 1.33 bits per heavy atom. The van der Waals surface area contributed by atoms with Crippen LogP contribution in [0.25, 0.3) is 0 Å². The standard InChI is InChI=1S/C15H22N2O3S/c1-3-5-6-7-11-8-9-12(15(17)18)14(13(11)16)21(19,20)10-4-2/h4,8-9H,2-3,5-7,10,16H2,1H3,(H2,17,18). The summed E-state index contributed by atoms with van der Waals surface area (Å²) in [5, 5.41) is 0. The largest absolute Gasteiger partial charge is 0.397 e. The Hall–Kier alpha value is -1.82. The average molecular weight is 310 g/mol. The lowest BCUT2D eigenvalue weighted by Gasteiger charge is -2.14. The van der Waals surface area contributed by atoms with Crippen LogP contribution in [-0.2, 0) is 16.3 Å². The number of carbonyl (C=O) groups excluding carboxylic acids is 1. The number of sulfone groups is 1. The summed E-state index contributed by atoms with van der Waals surface area (Å²) in [5.74, 6) is -1.08. The molecule has 0 fully saturated rings. The van der Waals surface area contributed by atoms with Crippen LogP contribution in [-0.4, -0.2) is 20.1 Å². The highest BCUT2D eigenvalue weighted by Crippen LogP contribution is 2.29. The average Bonchev–Trinajstić information content (AvgIpc) is 2.39. The van der Waals surface area contributed by atoms with Crippen LogP contribution in [0, 0.1) is 0 Å². The van der Waals surface area contributed by atoms with Crippen LogP contribution >= 0.6 is 0 Å². The molecule has 0 atom stereocenters. The van der Waals surface area contributed by atoms with Crippen molar-refractivity contribution in [2.24, 2.45) is 5.73 Å². The molecule has 0 saturated carbocycles. The first kappa shape index (κ1) is 17.2. The van der Waals surface area contributed by atoms with Crippen LogP contribution in [0.15, 0.2) is 29.7 Å². The van der Waals surface area contributed by atoms with Crippen LogP contribution in [0.2, 0.25) is 0 Å². The van der Waals surface area contributed by atoms with Gasteiger partial charge in [-0.25, -0.2) is 8.42 Å². The quantitative estimate of drug-likeness (QED) is 0.435. The van der Waals surface area contributed by atoms with Crippen molar-refractivity contribution in [2.75, 3.05) is 11.5 Å². The third kappa shape index (κ3) is 4.07. The van der Waals surface area contributed by atoms with E-state index in [1.54, 1.807) is 6.07 Å². The van der Waals surface area contributed by atoms with E-state index in [0.29, 0.717) is 6.42 Å². The predicted octanol–water partition coefficient (Wildman–Crippen LogP) is 2.06. The van der Waals surface area contributed by atoms with Gasteiger partial charge in [0.1, 0.15) is 4.90 Å². The van der Waals surface area contributed by atoms with Crippen molar-refractivity contribution in [2.45, 2.75) is 37.5 Å². The van der Waals surface area contributed by atoms with Gasteiger partial charge < -0.3 is 11.5 Å². The summed E-state index contributed by atoms with van der Waals surface area (Å²) in [4.78, 5) is 11.3. The maximum atomic E-state index is 12.3. The van der Waals surface area contributed by atoms with E-state index >= 15 is 0 Å². The number of hydrogen-bond donors (Lipinski definition) is 2. The molecule has 0 radical (unpaired) electrons. The molecule has 0 spiro atoms. The molecule has 0 heterocycles. The highest BCUT2D eigenvalue weighted by Gasteiger charge is 2.25. The van der Waals surface area contributed by atoms with E-state index in [1.165, 1.54) is 12.1 Å². The zero-order valence-electron chi connectivity index (χ0n) is 12.3. The maximum absolute atomic E-state index is 12.3. The first-order chi connectivity index (χ1) is 9.85. The minimum atomic E-state index is -3.71. The minimum absolute atomic E-state index is 0.0615. The molecule has 0 saturated heterocycles. The molecule has 0 bridgehead atoms. The molecule has 116 valence electrons. The van der Waals surface area contributed by atoms with Crippen LogP contribution < -0.4 is 11.5 Å². The lowest BCUT2D eigenvalue weighted by atomic mass is 10.0. The number of primary amides is 1. The third-order valence-corrected chi connectivity index (χ3v) is 4.99. The highest BCUT2D eigenvalue weighted by atomic mass is 32.2. The van der Waals surface area contributed by atoms with Gasteiger partial charge >= 0.3 is 0 Å². The first-order valence-electron chi connectivity index (χ1n) is 6.90. The molecule has 1 rings (SSSR count). The van der Waals surface area contributed by atoms with Crippen LogP contribution in [0.5, 0.6) is 0 Å². The van der Waals surface area contributed by atoms with Gasteiger partial charge in [0.15, 0.2) is 9.84 Å². The zero-order valence-corrected chi connectivity index (χ0v) is 13.1. The number of rotatable bonds is 8. The van der Waals surface area contributed by atoms with Gasteiger partial charge in [0, 0.05) is 0 Å². The van der Waals surface area contributed by atoms with E-state index in [1.807, 2.05) is 0 Å². The molecule has 21 heavy (non-hydrogen) atoms. The summed E-state index contributed by atoms with van der Waals surface area (Å²) in [7, 11) is -3.71. The van der Waals surface area contributed by atoms with E-state index in [4.69, 9.17) is 11.5 Å². The third-order valence-electron chi connectivity index (χ3n) is 3.25. The van der Waals surface area contributed by atoms with Crippen molar-refractivity contribution in [1.82, 2.24) is 0 Å². The first-order valence-corrected chi connectivity index (χ1v) is 8.55. The fraction of sp³-hybridized carbons (Fsp3) is 0.400. The Morgan fingerprint density at radius 3 is 2.52 bits per heavy atom. The number of aryl methyl sites for hydroxylation is 1. The Labute approximate surface area is 125 Å². The number of amides is 1. The van der Waals surface area contributed by atoms with Crippen molar-refractivity contribution in [3.63, 3.8) is 0 Å². The Balaban J connectivity index is 3.38. The van der Waals surface area contributed by atoms with Crippen LogP contribution in [0.1, 0.15) is 42.1 Å². The summed E-state index contributed by atoms with van der Waals surface area (Å²) in [6.45, 7) is 5.51. The lowest BCUT2D eigenvalue weighted by molar-refractivity contribution is 0.0997. The van der Waals surface area contributed by atoms with Gasteiger partial charge in [0.25, 0.3) is 0 Å². The van der Waals surface area contributed by atoms with Gasteiger partial charge in [-0.3, -0.25) is 4.79 Å². The van der Waals surface area contributed by atoms with Crippen LogP contribution in [0.4, 0.5) is 5.69 Å². The topological polar surface area (TPSA) is 103 Å². The molecule has 0 aromatic heterocycles. The van der Waals surface area contributed by atoms with Gasteiger partial charge in [-0.15, -0.1) is 6.58 Å². The number of anilines is 1. The number of carbonyl (C=O) groups is 1. The molecule has 4 N–H and O–H groups in total. The number of nitrogen functional groups attached to an aromatic ring is 1. The molecular weight excluding hydrogens is 288 g/mol. The molecule has 1 amide bonds. The van der Waals surface area contributed by atoms with Crippen molar-refractivity contribution >= 4 is 21.4 Å². The second-order valence-corrected chi connectivity index (χ2v) is 6.88. The molecule has 5 nitrogen and oxygen atoms in total. The molecule has 0 aliphatic carbocycles. The van der Waals surface area contributed by atoms with E-state index in [0.717, 1.165) is 24.8 Å². The molecule has 0 aliphatic heterocycles. The van der Waals surface area contributed by atoms with Crippen molar-refractivity contribution in [1.29, 1.82) is 0 Å². The minimum Gasteiger partial charge on any atom is -0.397 e. The Kier molecular flexibility index (Phi) is 5.96. The SMILES string of the molecule is C=CCS(=O)(=O)c1c(C(N)=O)ccc(CCCCC)c1N. The monoisotopic (exact) mass is 310 g/mol. The fourth-order valence-electron chi connectivity index (χ4n) is 2.19. The summed E-state index contributed by atoms with van der Waals surface area (Å²) in [6, 6.07) is 3.12. The maximum Gasteiger partial charge on any atom is 0.250 e.